The van der Waals surface area contributed by atoms with E-state index in [2.05, 4.69) is 15.6 Å². The molecule has 12 heteroatoms. The smallest absolute Gasteiger partial charge is 0.317 e. The van der Waals surface area contributed by atoms with Crippen LogP contribution in [0.15, 0.2) is 36.4 Å². The molecule has 1 unspecified atom stereocenters. The summed E-state index contributed by atoms with van der Waals surface area (Å²) in [6.07, 6.45) is 1.96. The van der Waals surface area contributed by atoms with Crippen LogP contribution in [0.25, 0.3) is 11.0 Å². The van der Waals surface area contributed by atoms with E-state index in [1.165, 1.54) is 0 Å². The second kappa shape index (κ2) is 12.9. The molecular formula is C26H35Cl2N7O3. The van der Waals surface area contributed by atoms with Gasteiger partial charge >= 0.3 is 5.97 Å². The molecule has 1 aliphatic heterocycles. The van der Waals surface area contributed by atoms with Crippen molar-refractivity contribution < 1.29 is 14.7 Å². The number of anilines is 1. The molecule has 1 amide bonds. The maximum Gasteiger partial charge on any atom is 0.317 e. The number of aromatic amines is 1. The Balaban J connectivity index is 0.00000253. The lowest BCUT2D eigenvalue weighted by molar-refractivity contribution is -0.138. The number of likely N-dealkylation sites (tertiary alicyclic amines) is 1. The van der Waals surface area contributed by atoms with Crippen LogP contribution in [-0.2, 0) is 21.5 Å². The van der Waals surface area contributed by atoms with E-state index in [4.69, 9.17) is 21.2 Å². The molecule has 0 bridgehead atoms. The average Bonchev–Trinajstić information content (AvgIpc) is 3.53. The highest BCUT2D eigenvalue weighted by molar-refractivity contribution is 5.95. The number of hydrogen-bond donors (Lipinski definition) is 6. The van der Waals surface area contributed by atoms with Gasteiger partial charge in [0.2, 0.25) is 5.91 Å². The van der Waals surface area contributed by atoms with Crippen LogP contribution in [0.1, 0.15) is 42.3 Å². The maximum absolute atomic E-state index is 13.6. The molecule has 38 heavy (non-hydrogen) atoms. The largest absolute Gasteiger partial charge is 0.480 e. The van der Waals surface area contributed by atoms with Gasteiger partial charge in [0.15, 0.2) is 0 Å². The van der Waals surface area contributed by atoms with E-state index in [1.807, 2.05) is 43.0 Å². The van der Waals surface area contributed by atoms with Crippen LogP contribution < -0.4 is 16.4 Å². The Morgan fingerprint density at radius 3 is 2.42 bits per heavy atom. The third kappa shape index (κ3) is 6.56. The van der Waals surface area contributed by atoms with E-state index < -0.39 is 11.4 Å². The van der Waals surface area contributed by atoms with Crippen LogP contribution >= 0.6 is 24.8 Å². The number of rotatable bonds is 10. The van der Waals surface area contributed by atoms with Crippen LogP contribution in [0.2, 0.25) is 0 Å². The summed E-state index contributed by atoms with van der Waals surface area (Å²) in [6, 6.07) is 11.2. The van der Waals surface area contributed by atoms with E-state index in [-0.39, 0.29) is 49.6 Å². The summed E-state index contributed by atoms with van der Waals surface area (Å²) in [5, 5.41) is 22.9. The number of nitrogens with two attached hydrogens (primary N) is 1. The van der Waals surface area contributed by atoms with Gasteiger partial charge in [-0.2, -0.15) is 0 Å². The number of nitrogen functional groups attached to an aromatic ring is 1. The lowest BCUT2D eigenvalue weighted by Gasteiger charge is -2.34. The maximum atomic E-state index is 13.6. The van der Waals surface area contributed by atoms with Crippen LogP contribution in [0, 0.1) is 12.3 Å². The van der Waals surface area contributed by atoms with Gasteiger partial charge in [0.1, 0.15) is 11.7 Å². The molecule has 1 atom stereocenters. The van der Waals surface area contributed by atoms with Gasteiger partial charge in [-0.25, -0.2) is 4.98 Å². The normalized spacial score (nSPS) is 14.3. The second-order valence-corrected chi connectivity index (χ2v) is 9.49. The second-order valence-electron chi connectivity index (χ2n) is 9.49. The zero-order valence-electron chi connectivity index (χ0n) is 21.5. The monoisotopic (exact) mass is 563 g/mol. The van der Waals surface area contributed by atoms with Gasteiger partial charge < -0.3 is 31.4 Å². The third-order valence-corrected chi connectivity index (χ3v) is 6.83. The molecule has 0 spiro atoms. The fourth-order valence-corrected chi connectivity index (χ4v) is 4.87. The fourth-order valence-electron chi connectivity index (χ4n) is 4.87. The number of amides is 1. The van der Waals surface area contributed by atoms with Crippen molar-refractivity contribution in [2.24, 2.45) is 5.73 Å². The topological polar surface area (TPSA) is 160 Å². The van der Waals surface area contributed by atoms with Gasteiger partial charge in [0.25, 0.3) is 0 Å². The van der Waals surface area contributed by atoms with Gasteiger partial charge in [0.05, 0.1) is 29.5 Å². The molecule has 1 fully saturated rings. The predicted molar refractivity (Wildman–Crippen MR) is 154 cm³/mol. The summed E-state index contributed by atoms with van der Waals surface area (Å²) < 4.78 is 0. The van der Waals surface area contributed by atoms with E-state index in [0.29, 0.717) is 12.1 Å². The number of hydrogen-bond acceptors (Lipinski definition) is 6. The molecule has 2 aromatic carbocycles. The van der Waals surface area contributed by atoms with Gasteiger partial charge in [-0.1, -0.05) is 6.07 Å². The van der Waals surface area contributed by atoms with Crippen LogP contribution in [0.4, 0.5) is 5.69 Å². The lowest BCUT2D eigenvalue weighted by atomic mass is 9.78. The van der Waals surface area contributed by atoms with Crippen molar-refractivity contribution in [3.63, 3.8) is 0 Å². The van der Waals surface area contributed by atoms with E-state index >= 15 is 0 Å². The zero-order valence-corrected chi connectivity index (χ0v) is 23.1. The number of benzene rings is 2. The first-order chi connectivity index (χ1) is 17.2. The van der Waals surface area contributed by atoms with E-state index in [1.54, 1.807) is 12.1 Å². The molecule has 1 aliphatic rings. The summed E-state index contributed by atoms with van der Waals surface area (Å²) in [5.74, 6) is -0.179. The minimum absolute atomic E-state index is 0. The van der Waals surface area contributed by atoms with Crippen LogP contribution in [0.5, 0.6) is 0 Å². The Labute approximate surface area is 234 Å². The average molecular weight is 565 g/mol. The SMILES string of the molecule is Cc1c(C(C)(CNCC(=O)O)C(=O)N2CCCC2)ccc2[nH]c(CNc3ccc(C(=N)N)cc3)nc12.Cl.Cl. The quantitative estimate of drug-likeness (QED) is 0.163. The number of nitrogens with zero attached hydrogens (tertiary/aromatic N) is 2. The number of halogens is 2. The number of fused-ring (bicyclic) bond motifs is 1. The van der Waals surface area contributed by atoms with Crippen molar-refractivity contribution in [1.29, 1.82) is 5.41 Å². The standard InChI is InChI=1S/C26H33N7O3.2ClH/c1-16-19(26(2,15-29-14-22(34)35)25(36)33-11-3-4-12-33)9-10-20-23(16)32-21(31-20)13-30-18-7-5-17(6-8-18)24(27)28;;/h5-10,29-30H,3-4,11-15H2,1-2H3,(H3,27,28)(H,31,32)(H,34,35);2*1H. The number of carboxylic acids is 1. The Morgan fingerprint density at radius 2 is 1.82 bits per heavy atom. The number of nitrogens with one attached hydrogen (secondary N) is 4. The number of carboxylic acid groups (broad SMARTS) is 1. The Bertz CT molecular complexity index is 1290. The Kier molecular flexibility index (Phi) is 10.5. The van der Waals surface area contributed by atoms with Crippen molar-refractivity contribution in [2.45, 2.75) is 38.6 Å². The van der Waals surface area contributed by atoms with E-state index in [0.717, 1.165) is 59.6 Å². The molecular weight excluding hydrogens is 529 g/mol. The minimum atomic E-state index is -0.960. The highest BCUT2D eigenvalue weighted by Gasteiger charge is 2.40. The number of carbonyl (C=O) groups is 2. The molecule has 7 N–H and O–H groups in total. The highest BCUT2D eigenvalue weighted by atomic mass is 35.5. The molecule has 0 aliphatic carbocycles. The predicted octanol–water partition coefficient (Wildman–Crippen LogP) is 3.17. The van der Waals surface area contributed by atoms with E-state index in [9.17, 15) is 9.59 Å². The van der Waals surface area contributed by atoms with Crippen molar-refractivity contribution in [2.75, 3.05) is 31.5 Å². The molecule has 2 heterocycles. The van der Waals surface area contributed by atoms with Crippen molar-refractivity contribution in [3.05, 3.63) is 58.9 Å². The summed E-state index contributed by atoms with van der Waals surface area (Å²) in [6.45, 7) is 5.76. The van der Waals surface area contributed by atoms with Gasteiger partial charge in [-0.15, -0.1) is 24.8 Å². The minimum Gasteiger partial charge on any atom is -0.480 e. The number of aryl methyl sites for hydroxylation is 1. The molecule has 1 aromatic heterocycles. The number of amidine groups is 1. The Morgan fingerprint density at radius 1 is 1.16 bits per heavy atom. The van der Waals surface area contributed by atoms with Gasteiger partial charge in [-0.05, 0) is 68.1 Å². The molecule has 1 saturated heterocycles. The third-order valence-electron chi connectivity index (χ3n) is 6.83. The molecule has 4 rings (SSSR count). The summed E-state index contributed by atoms with van der Waals surface area (Å²) in [4.78, 5) is 34.8. The van der Waals surface area contributed by atoms with Crippen molar-refractivity contribution >= 4 is 59.2 Å². The molecule has 10 nitrogen and oxygen atoms in total. The summed E-state index contributed by atoms with van der Waals surface area (Å²) in [5.41, 5.74) is 9.53. The molecule has 3 aromatic rings. The lowest BCUT2D eigenvalue weighted by Crippen LogP contribution is -2.50. The number of carbonyl (C=O) groups excluding carboxylic acids is 1. The molecule has 0 radical (unpaired) electrons. The number of imidazole rings is 1. The first kappa shape index (κ1) is 30.9. The fraction of sp³-hybridized carbons (Fsp3) is 0.385. The van der Waals surface area contributed by atoms with Crippen molar-refractivity contribution in [3.8, 4) is 0 Å². The van der Waals surface area contributed by atoms with Crippen LogP contribution in [0.3, 0.4) is 0 Å². The molecule has 0 saturated carbocycles. The van der Waals surface area contributed by atoms with Gasteiger partial charge in [0, 0.05) is 30.9 Å². The molecule has 206 valence electrons. The number of aliphatic carboxylic acids is 1. The number of H-pyrrole nitrogens is 1. The Hall–Kier alpha value is -3.34. The first-order valence-corrected chi connectivity index (χ1v) is 12.1. The zero-order chi connectivity index (χ0) is 25.9. The van der Waals surface area contributed by atoms with Gasteiger partial charge in [-0.3, -0.25) is 15.0 Å². The number of aromatic nitrogens is 2. The van der Waals surface area contributed by atoms with Crippen LogP contribution in [-0.4, -0.2) is 63.9 Å². The summed E-state index contributed by atoms with van der Waals surface area (Å²) in [7, 11) is 0. The first-order valence-electron chi connectivity index (χ1n) is 12.1. The highest BCUT2D eigenvalue weighted by Crippen LogP contribution is 2.33. The summed E-state index contributed by atoms with van der Waals surface area (Å²) >= 11 is 0. The van der Waals surface area contributed by atoms with Crippen molar-refractivity contribution in [1.82, 2.24) is 20.2 Å².